The largest absolute Gasteiger partial charge is 0.409 e. The molecule has 6 nitrogen and oxygen atoms in total. The molecule has 0 atom stereocenters. The van der Waals surface area contributed by atoms with Crippen LogP contribution in [0.4, 0.5) is 5.00 Å². The fourth-order valence-corrected chi connectivity index (χ4v) is 3.39. The van der Waals surface area contributed by atoms with Gasteiger partial charge >= 0.3 is 0 Å². The fourth-order valence-electron chi connectivity index (χ4n) is 2.47. The summed E-state index contributed by atoms with van der Waals surface area (Å²) in [6.07, 6.45) is 0. The third-order valence-electron chi connectivity index (χ3n) is 3.54. The zero-order valence-corrected chi connectivity index (χ0v) is 11.9. The summed E-state index contributed by atoms with van der Waals surface area (Å²) in [5.41, 5.74) is 6.61. The minimum absolute atomic E-state index is 0.265. The fraction of sp³-hybridized carbons (Fsp3) is 0.385. The quantitative estimate of drug-likeness (QED) is 0.384. The summed E-state index contributed by atoms with van der Waals surface area (Å²) >= 11 is 1.56. The molecule has 1 saturated heterocycles. The number of nitrogens with two attached hydrogens (primary N) is 1. The molecule has 0 spiro atoms. The van der Waals surface area contributed by atoms with Crippen molar-refractivity contribution < 1.29 is 5.21 Å². The van der Waals surface area contributed by atoms with E-state index in [0.29, 0.717) is 6.54 Å². The van der Waals surface area contributed by atoms with Crippen LogP contribution in [0.15, 0.2) is 29.4 Å². The average Bonchev–Trinajstić information content (AvgIpc) is 2.92. The zero-order chi connectivity index (χ0) is 13.9. The molecule has 0 amide bonds. The minimum Gasteiger partial charge on any atom is -0.409 e. The molecule has 2 heterocycles. The highest BCUT2D eigenvalue weighted by Crippen LogP contribution is 2.31. The van der Waals surface area contributed by atoms with E-state index in [1.54, 1.807) is 11.5 Å². The summed E-state index contributed by atoms with van der Waals surface area (Å²) in [7, 11) is 0. The van der Waals surface area contributed by atoms with E-state index in [4.69, 9.17) is 10.9 Å². The molecular weight excluding hydrogens is 274 g/mol. The Morgan fingerprint density at radius 3 is 2.80 bits per heavy atom. The van der Waals surface area contributed by atoms with E-state index in [-0.39, 0.29) is 5.84 Å². The van der Waals surface area contributed by atoms with Crippen molar-refractivity contribution in [3.63, 3.8) is 0 Å². The topological polar surface area (TPSA) is 78.0 Å². The lowest BCUT2D eigenvalue weighted by molar-refractivity contribution is 0.279. The van der Waals surface area contributed by atoms with E-state index >= 15 is 0 Å². The monoisotopic (exact) mass is 291 g/mol. The van der Waals surface area contributed by atoms with Gasteiger partial charge in [0.2, 0.25) is 0 Å². The number of fused-ring (bicyclic) bond motifs is 1. The first-order valence-corrected chi connectivity index (χ1v) is 7.33. The lowest BCUT2D eigenvalue weighted by Crippen LogP contribution is -2.48. The highest BCUT2D eigenvalue weighted by atomic mass is 32.1. The molecule has 20 heavy (non-hydrogen) atoms. The Morgan fingerprint density at radius 1 is 1.30 bits per heavy atom. The lowest BCUT2D eigenvalue weighted by Gasteiger charge is -2.34. The number of aromatic nitrogens is 1. The Bertz CT molecular complexity index is 618. The number of rotatable bonds is 3. The van der Waals surface area contributed by atoms with Crippen molar-refractivity contribution in [3.05, 3.63) is 24.3 Å². The number of nitrogens with zero attached hydrogens (tertiary/aromatic N) is 4. The summed E-state index contributed by atoms with van der Waals surface area (Å²) in [4.78, 5) is 4.55. The second-order valence-corrected chi connectivity index (χ2v) is 5.61. The van der Waals surface area contributed by atoms with Crippen LogP contribution in [0, 0.1) is 0 Å². The van der Waals surface area contributed by atoms with Crippen LogP contribution in [-0.2, 0) is 0 Å². The highest BCUT2D eigenvalue weighted by molar-refractivity contribution is 7.11. The molecule has 3 rings (SSSR count). The first kappa shape index (κ1) is 13.1. The third kappa shape index (κ3) is 2.54. The first-order valence-electron chi connectivity index (χ1n) is 6.56. The smallest absolute Gasteiger partial charge is 0.153 e. The summed E-state index contributed by atoms with van der Waals surface area (Å²) in [6.45, 7) is 4.20. The van der Waals surface area contributed by atoms with Crippen molar-refractivity contribution in [1.29, 1.82) is 0 Å². The van der Waals surface area contributed by atoms with Crippen molar-refractivity contribution in [2.75, 3.05) is 37.6 Å². The Morgan fingerprint density at radius 2 is 2.05 bits per heavy atom. The maximum atomic E-state index is 8.61. The predicted molar refractivity (Wildman–Crippen MR) is 81.7 cm³/mol. The number of amidine groups is 1. The molecule has 0 radical (unpaired) electrons. The first-order chi connectivity index (χ1) is 9.78. The van der Waals surface area contributed by atoms with Gasteiger partial charge in [-0.2, -0.15) is 4.37 Å². The number of oxime groups is 1. The molecule has 7 heteroatoms. The molecule has 1 aromatic carbocycles. The Hall–Kier alpha value is -1.86. The van der Waals surface area contributed by atoms with Gasteiger partial charge in [-0.15, -0.1) is 0 Å². The second-order valence-electron chi connectivity index (χ2n) is 4.86. The van der Waals surface area contributed by atoms with Crippen LogP contribution in [-0.4, -0.2) is 53.0 Å². The van der Waals surface area contributed by atoms with E-state index in [1.165, 1.54) is 10.4 Å². The van der Waals surface area contributed by atoms with Crippen molar-refractivity contribution >= 4 is 33.3 Å². The van der Waals surface area contributed by atoms with E-state index in [9.17, 15) is 0 Å². The highest BCUT2D eigenvalue weighted by Gasteiger charge is 2.20. The van der Waals surface area contributed by atoms with Crippen LogP contribution in [0.2, 0.25) is 0 Å². The molecule has 0 saturated carbocycles. The van der Waals surface area contributed by atoms with Crippen molar-refractivity contribution in [1.82, 2.24) is 9.27 Å². The third-order valence-corrected chi connectivity index (χ3v) is 4.48. The number of anilines is 1. The van der Waals surface area contributed by atoms with Gasteiger partial charge in [0, 0.05) is 31.6 Å². The molecular formula is C13H17N5OS. The SMILES string of the molecule is NC(CN1CCN(c2snc3ccccc23)CC1)=NO. The van der Waals surface area contributed by atoms with Gasteiger partial charge in [0.1, 0.15) is 5.00 Å². The van der Waals surface area contributed by atoms with Crippen molar-refractivity contribution in [2.45, 2.75) is 0 Å². The molecule has 0 bridgehead atoms. The summed E-state index contributed by atoms with van der Waals surface area (Å²) in [6, 6.07) is 8.23. The summed E-state index contributed by atoms with van der Waals surface area (Å²) < 4.78 is 4.49. The maximum absolute atomic E-state index is 8.61. The van der Waals surface area contributed by atoms with Crippen LogP contribution in [0.5, 0.6) is 0 Å². The molecule has 3 N–H and O–H groups in total. The Kier molecular flexibility index (Phi) is 3.70. The number of hydrogen-bond acceptors (Lipinski definition) is 6. The summed E-state index contributed by atoms with van der Waals surface area (Å²) in [5, 5.41) is 14.1. The molecule has 2 aromatic rings. The van der Waals surface area contributed by atoms with E-state index in [0.717, 1.165) is 31.7 Å². The van der Waals surface area contributed by atoms with Gasteiger partial charge < -0.3 is 15.8 Å². The van der Waals surface area contributed by atoms with Gasteiger partial charge in [-0.3, -0.25) is 4.90 Å². The van der Waals surface area contributed by atoms with Crippen LogP contribution in [0.3, 0.4) is 0 Å². The van der Waals surface area contributed by atoms with Gasteiger partial charge in [-0.25, -0.2) is 0 Å². The van der Waals surface area contributed by atoms with Gasteiger partial charge in [0.15, 0.2) is 5.84 Å². The van der Waals surface area contributed by atoms with Crippen molar-refractivity contribution in [2.24, 2.45) is 10.9 Å². The number of piperazine rings is 1. The van der Waals surface area contributed by atoms with E-state index in [2.05, 4.69) is 31.5 Å². The van der Waals surface area contributed by atoms with E-state index < -0.39 is 0 Å². The molecule has 106 valence electrons. The predicted octanol–water partition coefficient (Wildman–Crippen LogP) is 1.16. The van der Waals surface area contributed by atoms with E-state index in [1.807, 2.05) is 12.1 Å². The average molecular weight is 291 g/mol. The molecule has 1 fully saturated rings. The zero-order valence-electron chi connectivity index (χ0n) is 11.1. The van der Waals surface area contributed by atoms with Crippen molar-refractivity contribution in [3.8, 4) is 0 Å². The number of hydrogen-bond donors (Lipinski definition) is 2. The Balaban J connectivity index is 1.69. The molecule has 0 unspecified atom stereocenters. The van der Waals surface area contributed by atoms with Gasteiger partial charge in [0.25, 0.3) is 0 Å². The molecule has 0 aliphatic carbocycles. The van der Waals surface area contributed by atoms with Crippen LogP contribution >= 0.6 is 11.5 Å². The van der Waals surface area contributed by atoms with Crippen LogP contribution in [0.1, 0.15) is 0 Å². The molecule has 1 aliphatic rings. The van der Waals surface area contributed by atoms with Gasteiger partial charge in [-0.05, 0) is 23.7 Å². The standard InChI is InChI=1S/C13H17N5OS/c14-12(15-19)9-17-5-7-18(8-6-17)13-10-3-1-2-4-11(10)16-20-13/h1-4,19H,5-9H2,(H2,14,15). The minimum atomic E-state index is 0.265. The normalized spacial score (nSPS) is 17.8. The second kappa shape index (κ2) is 5.64. The Labute approximate surface area is 121 Å². The van der Waals surface area contributed by atoms with Gasteiger partial charge in [-0.1, -0.05) is 17.3 Å². The van der Waals surface area contributed by atoms with Gasteiger partial charge in [0.05, 0.1) is 12.1 Å². The molecule has 1 aliphatic heterocycles. The van der Waals surface area contributed by atoms with Crippen LogP contribution in [0.25, 0.3) is 10.9 Å². The number of benzene rings is 1. The van der Waals surface area contributed by atoms with Crippen LogP contribution < -0.4 is 10.6 Å². The maximum Gasteiger partial charge on any atom is 0.153 e. The molecule has 1 aromatic heterocycles. The summed E-state index contributed by atoms with van der Waals surface area (Å²) in [5.74, 6) is 0.265. The lowest BCUT2D eigenvalue weighted by atomic mass is 10.2.